The molecule has 6 heteroatoms. The van der Waals surface area contributed by atoms with Crippen LogP contribution in [0.3, 0.4) is 0 Å². The second kappa shape index (κ2) is 4.65. The molecule has 1 saturated heterocycles. The van der Waals surface area contributed by atoms with Gasteiger partial charge in [0.1, 0.15) is 5.75 Å². The molecule has 0 radical (unpaired) electrons. The molecule has 4 nitrogen and oxygen atoms in total. The van der Waals surface area contributed by atoms with Crippen molar-refractivity contribution in [3.63, 3.8) is 0 Å². The molecule has 0 spiro atoms. The van der Waals surface area contributed by atoms with Gasteiger partial charge in [-0.1, -0.05) is 0 Å². The summed E-state index contributed by atoms with van der Waals surface area (Å²) in [5.74, 6) is 0.863. The highest BCUT2D eigenvalue weighted by atomic mass is 35.5. The summed E-state index contributed by atoms with van der Waals surface area (Å²) in [6.45, 7) is 8.90. The van der Waals surface area contributed by atoms with Crippen LogP contribution in [0.2, 0.25) is 0 Å². The van der Waals surface area contributed by atoms with E-state index in [0.717, 1.165) is 29.9 Å². The monoisotopic (exact) mass is 283 g/mol. The van der Waals surface area contributed by atoms with Crippen molar-refractivity contribution in [2.75, 3.05) is 6.61 Å². The van der Waals surface area contributed by atoms with E-state index in [2.05, 4.69) is 4.98 Å². The van der Waals surface area contributed by atoms with E-state index in [0.29, 0.717) is 0 Å². The first kappa shape index (κ1) is 14.6. The maximum atomic E-state index is 5.99. The molecule has 0 amide bonds. The Kier molecular flexibility index (Phi) is 3.58. The maximum absolute atomic E-state index is 5.99. The minimum absolute atomic E-state index is 0. The van der Waals surface area contributed by atoms with Crippen molar-refractivity contribution in [3.05, 3.63) is 18.0 Å². The highest BCUT2D eigenvalue weighted by Crippen LogP contribution is 2.36. The van der Waals surface area contributed by atoms with Crippen molar-refractivity contribution >= 4 is 25.0 Å². The first-order valence-electron chi connectivity index (χ1n) is 6.36. The van der Waals surface area contributed by atoms with Gasteiger partial charge in [-0.15, -0.1) is 12.4 Å². The van der Waals surface area contributed by atoms with E-state index in [4.69, 9.17) is 14.0 Å². The fraction of sp³-hybridized carbons (Fsp3) is 0.615. The Bertz CT molecular complexity index is 477. The lowest BCUT2D eigenvalue weighted by Gasteiger charge is -2.32. The molecular weight excluding hydrogens is 264 g/mol. The van der Waals surface area contributed by atoms with Crippen LogP contribution in [-0.2, 0) is 15.7 Å². The molecular formula is C13H19BClNO3. The Morgan fingerprint density at radius 3 is 2.42 bits per heavy atom. The van der Waals surface area contributed by atoms with Gasteiger partial charge in [-0.05, 0) is 33.8 Å². The zero-order chi connectivity index (χ0) is 13.0. The molecule has 1 aromatic rings. The zero-order valence-electron chi connectivity index (χ0n) is 11.7. The van der Waals surface area contributed by atoms with Crippen LogP contribution in [0.1, 0.15) is 33.4 Å². The average molecular weight is 284 g/mol. The summed E-state index contributed by atoms with van der Waals surface area (Å²) in [5.41, 5.74) is 1.30. The van der Waals surface area contributed by atoms with Crippen molar-refractivity contribution in [1.82, 2.24) is 4.98 Å². The van der Waals surface area contributed by atoms with E-state index in [-0.39, 0.29) is 30.7 Å². The number of pyridine rings is 1. The maximum Gasteiger partial charge on any atom is 0.496 e. The van der Waals surface area contributed by atoms with Gasteiger partial charge in [0.15, 0.2) is 0 Å². The molecule has 0 unspecified atom stereocenters. The van der Waals surface area contributed by atoms with E-state index in [1.54, 1.807) is 0 Å². The highest BCUT2D eigenvalue weighted by molar-refractivity contribution is 6.62. The van der Waals surface area contributed by atoms with Crippen molar-refractivity contribution < 1.29 is 14.0 Å². The highest BCUT2D eigenvalue weighted by Gasteiger charge is 2.52. The Hall–Kier alpha value is -0.775. The first-order chi connectivity index (χ1) is 8.39. The average Bonchev–Trinajstić information content (AvgIpc) is 2.80. The summed E-state index contributed by atoms with van der Waals surface area (Å²) in [4.78, 5) is 4.41. The van der Waals surface area contributed by atoms with Crippen LogP contribution in [0, 0.1) is 0 Å². The van der Waals surface area contributed by atoms with Gasteiger partial charge in [0.05, 0.1) is 23.5 Å². The van der Waals surface area contributed by atoms with E-state index in [1.165, 1.54) is 0 Å². The van der Waals surface area contributed by atoms with Gasteiger partial charge in [-0.3, -0.25) is 4.98 Å². The van der Waals surface area contributed by atoms with E-state index in [1.807, 2.05) is 40.0 Å². The van der Waals surface area contributed by atoms with E-state index >= 15 is 0 Å². The molecule has 0 atom stereocenters. The lowest BCUT2D eigenvalue weighted by Crippen LogP contribution is -2.41. The molecule has 0 N–H and O–H groups in total. The standard InChI is InChI=1S/C13H18BNO3.ClH/c1-12(2)13(3,4)18-14(17-12)9-7-11-10(15-8-9)5-6-16-11;/h7-8H,5-6H2,1-4H3;1H. The SMILES string of the molecule is CC1(C)OB(c2cnc3c(c2)OCC3)OC1(C)C.Cl. The predicted octanol–water partition coefficient (Wildman–Crippen LogP) is 1.74. The number of halogens is 1. The van der Waals surface area contributed by atoms with Gasteiger partial charge in [0.2, 0.25) is 0 Å². The molecule has 0 saturated carbocycles. The van der Waals surface area contributed by atoms with Gasteiger partial charge in [-0.25, -0.2) is 0 Å². The molecule has 104 valence electrons. The largest absolute Gasteiger partial charge is 0.496 e. The number of nitrogens with zero attached hydrogens (tertiary/aromatic N) is 1. The molecule has 3 rings (SSSR count). The lowest BCUT2D eigenvalue weighted by molar-refractivity contribution is 0.00578. The van der Waals surface area contributed by atoms with Crippen molar-refractivity contribution in [3.8, 4) is 5.75 Å². The predicted molar refractivity (Wildman–Crippen MR) is 76.4 cm³/mol. The minimum atomic E-state index is -0.364. The molecule has 1 aromatic heterocycles. The van der Waals surface area contributed by atoms with Crippen LogP contribution >= 0.6 is 12.4 Å². The smallest absolute Gasteiger partial charge is 0.491 e. The number of hydrogen-bond donors (Lipinski definition) is 0. The van der Waals surface area contributed by atoms with Crippen LogP contribution in [0.25, 0.3) is 0 Å². The second-order valence-corrected chi connectivity index (χ2v) is 5.90. The van der Waals surface area contributed by atoms with Crippen LogP contribution in [0.15, 0.2) is 12.3 Å². The summed E-state index contributed by atoms with van der Waals surface area (Å²) in [7, 11) is -0.364. The van der Waals surface area contributed by atoms with Crippen molar-refractivity contribution in [1.29, 1.82) is 0 Å². The Balaban J connectivity index is 0.00000133. The van der Waals surface area contributed by atoms with Crippen molar-refractivity contribution in [2.24, 2.45) is 0 Å². The number of rotatable bonds is 1. The molecule has 0 bridgehead atoms. The van der Waals surface area contributed by atoms with Gasteiger partial charge in [-0.2, -0.15) is 0 Å². The summed E-state index contributed by atoms with van der Waals surface area (Å²) in [5, 5.41) is 0. The zero-order valence-corrected chi connectivity index (χ0v) is 12.5. The number of ether oxygens (including phenoxy) is 1. The Morgan fingerprint density at radius 2 is 1.79 bits per heavy atom. The third-order valence-corrected chi connectivity index (χ3v) is 4.07. The molecule has 3 heterocycles. The van der Waals surface area contributed by atoms with Gasteiger partial charge in [0.25, 0.3) is 0 Å². The lowest BCUT2D eigenvalue weighted by atomic mass is 9.80. The summed E-state index contributed by atoms with van der Waals surface area (Å²) in [6, 6.07) is 1.98. The van der Waals surface area contributed by atoms with Crippen LogP contribution < -0.4 is 10.2 Å². The van der Waals surface area contributed by atoms with Gasteiger partial charge < -0.3 is 14.0 Å². The summed E-state index contributed by atoms with van der Waals surface area (Å²) < 4.78 is 17.5. The molecule has 0 aromatic carbocycles. The topological polar surface area (TPSA) is 40.6 Å². The third kappa shape index (κ3) is 2.35. The van der Waals surface area contributed by atoms with Crippen molar-refractivity contribution in [2.45, 2.75) is 45.3 Å². The fourth-order valence-electron chi connectivity index (χ4n) is 2.17. The Labute approximate surface area is 120 Å². The van der Waals surface area contributed by atoms with Crippen LogP contribution in [-0.4, -0.2) is 29.9 Å². The first-order valence-corrected chi connectivity index (χ1v) is 6.36. The molecule has 19 heavy (non-hydrogen) atoms. The molecule has 1 fully saturated rings. The van der Waals surface area contributed by atoms with E-state index < -0.39 is 0 Å². The molecule has 2 aliphatic rings. The summed E-state index contributed by atoms with van der Waals surface area (Å²) in [6.07, 6.45) is 2.72. The number of hydrogen-bond acceptors (Lipinski definition) is 4. The third-order valence-electron chi connectivity index (χ3n) is 4.07. The van der Waals surface area contributed by atoms with Crippen LogP contribution in [0.5, 0.6) is 5.75 Å². The normalized spacial score (nSPS) is 22.6. The van der Waals surface area contributed by atoms with E-state index in [9.17, 15) is 0 Å². The fourth-order valence-corrected chi connectivity index (χ4v) is 2.17. The second-order valence-electron chi connectivity index (χ2n) is 5.90. The summed E-state index contributed by atoms with van der Waals surface area (Å²) >= 11 is 0. The Morgan fingerprint density at radius 1 is 1.16 bits per heavy atom. The van der Waals surface area contributed by atoms with Gasteiger partial charge >= 0.3 is 7.12 Å². The molecule has 2 aliphatic heterocycles. The minimum Gasteiger partial charge on any atom is -0.491 e. The number of aromatic nitrogens is 1. The van der Waals surface area contributed by atoms with Crippen LogP contribution in [0.4, 0.5) is 0 Å². The van der Waals surface area contributed by atoms with Gasteiger partial charge in [0, 0.05) is 18.1 Å². The number of fused-ring (bicyclic) bond motifs is 1. The quantitative estimate of drug-likeness (QED) is 0.736. The molecule has 0 aliphatic carbocycles.